The van der Waals surface area contributed by atoms with Crippen LogP contribution in [0.25, 0.3) is 0 Å². The van der Waals surface area contributed by atoms with Crippen molar-refractivity contribution in [1.29, 1.82) is 0 Å². The van der Waals surface area contributed by atoms with Gasteiger partial charge < -0.3 is 10.2 Å². The van der Waals surface area contributed by atoms with E-state index in [4.69, 9.17) is 0 Å². The van der Waals surface area contributed by atoms with Gasteiger partial charge in [0.25, 0.3) is 0 Å². The van der Waals surface area contributed by atoms with Gasteiger partial charge in [-0.1, -0.05) is 0 Å². The number of aromatic nitrogens is 2. The molecule has 0 saturated carbocycles. The van der Waals surface area contributed by atoms with E-state index >= 15 is 0 Å². The molecule has 1 aromatic rings. The van der Waals surface area contributed by atoms with Crippen molar-refractivity contribution in [2.24, 2.45) is 0 Å². The zero-order chi connectivity index (χ0) is 14.2. The molecule has 1 fully saturated rings. The van der Waals surface area contributed by atoms with Crippen molar-refractivity contribution in [1.82, 2.24) is 14.9 Å². The number of likely N-dealkylation sites (tertiary alicyclic amines) is 1. The number of anilines is 1. The molecule has 0 bridgehead atoms. The molecule has 2 heterocycles. The largest absolute Gasteiger partial charge is 0.365 e. The highest BCUT2D eigenvalue weighted by Gasteiger charge is 2.36. The third kappa shape index (κ3) is 3.22. The Hall–Kier alpha value is -1.65. The fourth-order valence-corrected chi connectivity index (χ4v) is 2.45. The second-order valence-corrected chi connectivity index (χ2v) is 6.16. The third-order valence-corrected chi connectivity index (χ3v) is 3.25. The van der Waals surface area contributed by atoms with Gasteiger partial charge in [0.15, 0.2) is 0 Å². The zero-order valence-electron chi connectivity index (χ0n) is 12.3. The molecule has 1 aromatic heterocycles. The summed E-state index contributed by atoms with van der Waals surface area (Å²) >= 11 is 0. The normalized spacial score (nSPS) is 19.9. The van der Waals surface area contributed by atoms with Crippen LogP contribution >= 0.6 is 0 Å². The molecule has 1 unspecified atom stereocenters. The van der Waals surface area contributed by atoms with Crippen molar-refractivity contribution in [3.8, 4) is 0 Å². The molecule has 19 heavy (non-hydrogen) atoms. The Bertz CT molecular complexity index is 472. The van der Waals surface area contributed by atoms with Gasteiger partial charge >= 0.3 is 0 Å². The average Bonchev–Trinajstić information content (AvgIpc) is 2.57. The first-order chi connectivity index (χ1) is 8.75. The molecule has 5 nitrogen and oxygen atoms in total. The first-order valence-electron chi connectivity index (χ1n) is 6.65. The summed E-state index contributed by atoms with van der Waals surface area (Å²) in [5.41, 5.74) is 0.817. The van der Waals surface area contributed by atoms with Gasteiger partial charge in [-0.3, -0.25) is 4.79 Å². The van der Waals surface area contributed by atoms with E-state index in [9.17, 15) is 4.79 Å². The molecule has 1 amide bonds. The average molecular weight is 262 g/mol. The molecule has 1 atom stereocenters. The van der Waals surface area contributed by atoms with E-state index in [1.807, 2.05) is 24.8 Å². The molecule has 1 saturated heterocycles. The molecule has 2 rings (SSSR count). The van der Waals surface area contributed by atoms with Crippen molar-refractivity contribution in [3.63, 3.8) is 0 Å². The van der Waals surface area contributed by atoms with Gasteiger partial charge in [-0.2, -0.15) is 0 Å². The summed E-state index contributed by atoms with van der Waals surface area (Å²) in [5, 5.41) is 3.34. The second-order valence-electron chi connectivity index (χ2n) is 6.16. The number of aryl methyl sites for hydroxylation is 2. The molecule has 1 aliphatic heterocycles. The lowest BCUT2D eigenvalue weighted by Gasteiger charge is -2.32. The fourth-order valence-electron chi connectivity index (χ4n) is 2.45. The van der Waals surface area contributed by atoms with E-state index in [-0.39, 0.29) is 17.5 Å². The first-order valence-corrected chi connectivity index (χ1v) is 6.65. The minimum atomic E-state index is -0.120. The van der Waals surface area contributed by atoms with E-state index in [0.717, 1.165) is 23.9 Å². The van der Waals surface area contributed by atoms with E-state index in [0.29, 0.717) is 6.42 Å². The molecular formula is C14H22N4O. The van der Waals surface area contributed by atoms with Crippen LogP contribution < -0.4 is 5.32 Å². The topological polar surface area (TPSA) is 58.1 Å². The van der Waals surface area contributed by atoms with Crippen LogP contribution in [0.15, 0.2) is 6.07 Å². The number of amides is 1. The van der Waals surface area contributed by atoms with Crippen LogP contribution in [0.1, 0.15) is 38.7 Å². The maximum atomic E-state index is 12.0. The quantitative estimate of drug-likeness (QED) is 0.884. The molecule has 1 N–H and O–H groups in total. The lowest BCUT2D eigenvalue weighted by Crippen LogP contribution is -2.43. The number of hydrogen-bond acceptors (Lipinski definition) is 4. The number of nitrogens with zero attached hydrogens (tertiary/aromatic N) is 3. The minimum absolute atomic E-state index is 0.120. The molecule has 0 aliphatic carbocycles. The van der Waals surface area contributed by atoms with Crippen molar-refractivity contribution in [2.45, 2.75) is 52.6 Å². The Morgan fingerprint density at radius 3 is 2.53 bits per heavy atom. The van der Waals surface area contributed by atoms with Gasteiger partial charge in [-0.25, -0.2) is 9.97 Å². The van der Waals surface area contributed by atoms with Gasteiger partial charge in [0.05, 0.1) is 6.04 Å². The Morgan fingerprint density at radius 1 is 1.32 bits per heavy atom. The molecular weight excluding hydrogens is 240 g/mol. The standard InChI is InChI=1S/C14H22N4O/c1-9-6-12(16-10(2)15-9)17-11-7-13(19)18(8-11)14(3,4)5/h6,11H,7-8H2,1-5H3,(H,15,16,17). The molecule has 104 valence electrons. The fraction of sp³-hybridized carbons (Fsp3) is 0.643. The molecule has 0 radical (unpaired) electrons. The molecule has 5 heteroatoms. The summed E-state index contributed by atoms with van der Waals surface area (Å²) in [5.74, 6) is 1.76. The van der Waals surface area contributed by atoms with Crippen LogP contribution in [-0.4, -0.2) is 38.9 Å². The Kier molecular flexibility index (Phi) is 3.47. The predicted molar refractivity (Wildman–Crippen MR) is 75.0 cm³/mol. The van der Waals surface area contributed by atoms with E-state index < -0.39 is 0 Å². The van der Waals surface area contributed by atoms with Crippen LogP contribution in [0, 0.1) is 13.8 Å². The summed E-state index contributed by atoms with van der Waals surface area (Å²) in [6.07, 6.45) is 0.527. The van der Waals surface area contributed by atoms with Crippen LogP contribution in [0.5, 0.6) is 0 Å². The van der Waals surface area contributed by atoms with Crippen LogP contribution in [0.2, 0.25) is 0 Å². The highest BCUT2D eigenvalue weighted by molar-refractivity contribution is 5.80. The Morgan fingerprint density at radius 2 is 2.00 bits per heavy atom. The molecule has 0 spiro atoms. The third-order valence-electron chi connectivity index (χ3n) is 3.25. The van der Waals surface area contributed by atoms with Crippen LogP contribution in [0.3, 0.4) is 0 Å². The van der Waals surface area contributed by atoms with Gasteiger partial charge in [-0.15, -0.1) is 0 Å². The summed E-state index contributed by atoms with van der Waals surface area (Å²) in [4.78, 5) is 22.5. The number of carbonyl (C=O) groups is 1. The maximum Gasteiger partial charge on any atom is 0.225 e. The van der Waals surface area contributed by atoms with Gasteiger partial charge in [0.2, 0.25) is 5.91 Å². The SMILES string of the molecule is Cc1cc(NC2CC(=O)N(C(C)(C)C)C2)nc(C)n1. The van der Waals surface area contributed by atoms with Crippen LogP contribution in [0.4, 0.5) is 5.82 Å². The van der Waals surface area contributed by atoms with Gasteiger partial charge in [0, 0.05) is 30.3 Å². The number of nitrogens with one attached hydrogen (secondary N) is 1. The van der Waals surface area contributed by atoms with Crippen molar-refractivity contribution in [2.75, 3.05) is 11.9 Å². The monoisotopic (exact) mass is 262 g/mol. The van der Waals surface area contributed by atoms with Crippen molar-refractivity contribution >= 4 is 11.7 Å². The predicted octanol–water partition coefficient (Wildman–Crippen LogP) is 1.90. The summed E-state index contributed by atoms with van der Waals surface area (Å²) in [7, 11) is 0. The van der Waals surface area contributed by atoms with Crippen molar-refractivity contribution < 1.29 is 4.79 Å². The number of rotatable bonds is 2. The van der Waals surface area contributed by atoms with Crippen LogP contribution in [-0.2, 0) is 4.79 Å². The lowest BCUT2D eigenvalue weighted by molar-refractivity contribution is -0.131. The highest BCUT2D eigenvalue weighted by atomic mass is 16.2. The summed E-state index contributed by atoms with van der Waals surface area (Å²) in [6, 6.07) is 2.04. The smallest absolute Gasteiger partial charge is 0.225 e. The van der Waals surface area contributed by atoms with Crippen molar-refractivity contribution in [3.05, 3.63) is 17.6 Å². The Balaban J connectivity index is 2.07. The summed E-state index contributed by atoms with van der Waals surface area (Å²) < 4.78 is 0. The molecule has 1 aliphatic rings. The Labute approximate surface area is 114 Å². The van der Waals surface area contributed by atoms with E-state index in [1.165, 1.54) is 0 Å². The maximum absolute atomic E-state index is 12.0. The number of carbonyl (C=O) groups excluding carboxylic acids is 1. The first kappa shape index (κ1) is 13.8. The molecule has 0 aromatic carbocycles. The van der Waals surface area contributed by atoms with Gasteiger partial charge in [0.1, 0.15) is 11.6 Å². The number of hydrogen-bond donors (Lipinski definition) is 1. The lowest BCUT2D eigenvalue weighted by atomic mass is 10.1. The minimum Gasteiger partial charge on any atom is -0.365 e. The van der Waals surface area contributed by atoms with Gasteiger partial charge in [-0.05, 0) is 34.6 Å². The second kappa shape index (κ2) is 4.79. The highest BCUT2D eigenvalue weighted by Crippen LogP contribution is 2.23. The summed E-state index contributed by atoms with van der Waals surface area (Å²) in [6.45, 7) is 10.7. The zero-order valence-corrected chi connectivity index (χ0v) is 12.3. The van der Waals surface area contributed by atoms with E-state index in [2.05, 4.69) is 36.1 Å². The van der Waals surface area contributed by atoms with E-state index in [1.54, 1.807) is 0 Å².